The molecule has 2 saturated carbocycles. The van der Waals surface area contributed by atoms with Gasteiger partial charge < -0.3 is 4.90 Å². The Hall–Kier alpha value is -0.530. The molecule has 4 unspecified atom stereocenters. The molecular formula is C14H23NO. The lowest BCUT2D eigenvalue weighted by molar-refractivity contribution is -0.140. The Balaban J connectivity index is 1.68. The molecule has 1 amide bonds. The molecule has 2 nitrogen and oxygen atoms in total. The molecular weight excluding hydrogens is 198 g/mol. The average Bonchev–Trinajstić information content (AvgIpc) is 2.90. The summed E-state index contributed by atoms with van der Waals surface area (Å²) in [6.45, 7) is 3.25. The van der Waals surface area contributed by atoms with Crippen LogP contribution in [0.5, 0.6) is 0 Å². The summed E-state index contributed by atoms with van der Waals surface area (Å²) in [7, 11) is 0. The van der Waals surface area contributed by atoms with Crippen molar-refractivity contribution in [2.45, 2.75) is 57.9 Å². The van der Waals surface area contributed by atoms with E-state index in [2.05, 4.69) is 11.8 Å². The van der Waals surface area contributed by atoms with Crippen molar-refractivity contribution >= 4 is 5.91 Å². The van der Waals surface area contributed by atoms with Crippen LogP contribution in [0.3, 0.4) is 0 Å². The number of carbonyl (C=O) groups is 1. The second kappa shape index (κ2) is 4.05. The van der Waals surface area contributed by atoms with Crippen LogP contribution in [0, 0.1) is 17.8 Å². The van der Waals surface area contributed by atoms with Gasteiger partial charge >= 0.3 is 0 Å². The molecule has 3 rings (SSSR count). The highest BCUT2D eigenvalue weighted by Gasteiger charge is 2.45. The van der Waals surface area contributed by atoms with Crippen molar-refractivity contribution < 1.29 is 4.79 Å². The van der Waals surface area contributed by atoms with Crippen LogP contribution in [0.25, 0.3) is 0 Å². The van der Waals surface area contributed by atoms with Crippen LogP contribution in [-0.2, 0) is 4.79 Å². The fourth-order valence-corrected chi connectivity index (χ4v) is 4.19. The molecule has 90 valence electrons. The zero-order chi connectivity index (χ0) is 11.1. The van der Waals surface area contributed by atoms with E-state index in [4.69, 9.17) is 0 Å². The van der Waals surface area contributed by atoms with Crippen LogP contribution in [0.1, 0.15) is 51.9 Å². The van der Waals surface area contributed by atoms with Crippen LogP contribution < -0.4 is 0 Å². The maximum absolute atomic E-state index is 12.5. The molecule has 2 bridgehead atoms. The Labute approximate surface area is 98.4 Å². The van der Waals surface area contributed by atoms with Gasteiger partial charge in [0.05, 0.1) is 0 Å². The van der Waals surface area contributed by atoms with Crippen molar-refractivity contribution in [1.82, 2.24) is 4.90 Å². The summed E-state index contributed by atoms with van der Waals surface area (Å²) in [6.07, 6.45) is 9.00. The fraction of sp³-hybridized carbons (Fsp3) is 0.929. The molecule has 0 spiro atoms. The summed E-state index contributed by atoms with van der Waals surface area (Å²) in [6, 6.07) is 0.500. The first-order valence-electron chi connectivity index (χ1n) is 7.06. The molecule has 2 heteroatoms. The average molecular weight is 221 g/mol. The number of likely N-dealkylation sites (tertiary alicyclic amines) is 1. The van der Waals surface area contributed by atoms with Crippen LogP contribution in [-0.4, -0.2) is 23.4 Å². The first-order valence-corrected chi connectivity index (χ1v) is 7.06. The van der Waals surface area contributed by atoms with Gasteiger partial charge in [-0.1, -0.05) is 6.42 Å². The Morgan fingerprint density at radius 3 is 2.62 bits per heavy atom. The highest BCUT2D eigenvalue weighted by atomic mass is 16.2. The lowest BCUT2D eigenvalue weighted by atomic mass is 9.86. The Morgan fingerprint density at radius 1 is 1.12 bits per heavy atom. The maximum Gasteiger partial charge on any atom is 0.226 e. The van der Waals surface area contributed by atoms with E-state index in [1.54, 1.807) is 0 Å². The lowest BCUT2D eigenvalue weighted by Gasteiger charge is -2.37. The normalized spacial score (nSPS) is 42.7. The summed E-state index contributed by atoms with van der Waals surface area (Å²) in [5.41, 5.74) is 0. The zero-order valence-corrected chi connectivity index (χ0v) is 10.3. The summed E-state index contributed by atoms with van der Waals surface area (Å²) >= 11 is 0. The number of hydrogen-bond donors (Lipinski definition) is 0. The molecule has 0 N–H and O–H groups in total. The molecule has 0 aromatic heterocycles. The minimum atomic E-state index is 0.402. The Bertz CT molecular complexity index is 284. The molecule has 3 fully saturated rings. The smallest absolute Gasteiger partial charge is 0.226 e. The van der Waals surface area contributed by atoms with E-state index >= 15 is 0 Å². The predicted octanol–water partition coefficient (Wildman–Crippen LogP) is 2.82. The van der Waals surface area contributed by atoms with E-state index in [0.29, 0.717) is 17.9 Å². The first kappa shape index (κ1) is 10.6. The largest absolute Gasteiger partial charge is 0.340 e. The van der Waals surface area contributed by atoms with Crippen LogP contribution in [0.4, 0.5) is 0 Å². The van der Waals surface area contributed by atoms with E-state index in [0.717, 1.165) is 18.4 Å². The van der Waals surface area contributed by atoms with E-state index in [9.17, 15) is 4.79 Å². The summed E-state index contributed by atoms with van der Waals surface area (Å²) < 4.78 is 0. The van der Waals surface area contributed by atoms with Crippen molar-refractivity contribution in [3.05, 3.63) is 0 Å². The van der Waals surface area contributed by atoms with Gasteiger partial charge in [-0.25, -0.2) is 0 Å². The molecule has 0 aromatic carbocycles. The summed E-state index contributed by atoms with van der Waals surface area (Å²) in [5.74, 6) is 2.53. The molecule has 0 aromatic rings. The number of carbonyl (C=O) groups excluding carboxylic acids is 1. The van der Waals surface area contributed by atoms with E-state index in [1.807, 2.05) is 0 Å². The van der Waals surface area contributed by atoms with Crippen molar-refractivity contribution in [1.29, 1.82) is 0 Å². The quantitative estimate of drug-likeness (QED) is 0.666. The lowest BCUT2D eigenvalue weighted by Crippen LogP contribution is -2.46. The van der Waals surface area contributed by atoms with Gasteiger partial charge in [0.2, 0.25) is 5.91 Å². The second-order valence-corrected chi connectivity index (χ2v) is 6.16. The molecule has 4 atom stereocenters. The fourth-order valence-electron chi connectivity index (χ4n) is 4.19. The van der Waals surface area contributed by atoms with Gasteiger partial charge in [0, 0.05) is 18.5 Å². The van der Waals surface area contributed by atoms with Crippen molar-refractivity contribution in [2.24, 2.45) is 17.8 Å². The van der Waals surface area contributed by atoms with Gasteiger partial charge in [-0.3, -0.25) is 4.79 Å². The molecule has 0 radical (unpaired) electrons. The number of nitrogens with zero attached hydrogens (tertiary/aromatic N) is 1. The SMILES string of the molecule is CC1CCCCN1C(=O)C1CC2CCC1C2. The summed E-state index contributed by atoms with van der Waals surface area (Å²) in [5, 5.41) is 0. The number of amides is 1. The third kappa shape index (κ3) is 1.66. The number of piperidine rings is 1. The standard InChI is InChI=1S/C14H23NO/c1-10-4-2-3-7-15(10)14(16)13-9-11-5-6-12(13)8-11/h10-13H,2-9H2,1H3. The zero-order valence-electron chi connectivity index (χ0n) is 10.3. The van der Waals surface area contributed by atoms with Gasteiger partial charge in [-0.15, -0.1) is 0 Å². The van der Waals surface area contributed by atoms with Gasteiger partial charge in [-0.05, 0) is 57.3 Å². The van der Waals surface area contributed by atoms with Crippen LogP contribution >= 0.6 is 0 Å². The van der Waals surface area contributed by atoms with Crippen molar-refractivity contribution in [3.8, 4) is 0 Å². The number of rotatable bonds is 1. The number of hydrogen-bond acceptors (Lipinski definition) is 1. The molecule has 1 heterocycles. The minimum absolute atomic E-state index is 0.402. The highest BCUT2D eigenvalue weighted by Crippen LogP contribution is 2.49. The van der Waals surface area contributed by atoms with Gasteiger partial charge in [-0.2, -0.15) is 0 Å². The molecule has 1 saturated heterocycles. The molecule has 2 aliphatic carbocycles. The first-order chi connectivity index (χ1) is 7.75. The van der Waals surface area contributed by atoms with Gasteiger partial charge in [0.1, 0.15) is 0 Å². The van der Waals surface area contributed by atoms with E-state index < -0.39 is 0 Å². The third-order valence-corrected chi connectivity index (χ3v) is 5.14. The summed E-state index contributed by atoms with van der Waals surface area (Å²) in [4.78, 5) is 14.7. The van der Waals surface area contributed by atoms with Gasteiger partial charge in [0.25, 0.3) is 0 Å². The monoisotopic (exact) mass is 221 g/mol. The van der Waals surface area contributed by atoms with Crippen LogP contribution in [0.2, 0.25) is 0 Å². The Morgan fingerprint density at radius 2 is 2.00 bits per heavy atom. The Kier molecular flexibility index (Phi) is 2.68. The molecule has 3 aliphatic rings. The van der Waals surface area contributed by atoms with E-state index in [-0.39, 0.29) is 0 Å². The molecule has 1 aliphatic heterocycles. The number of fused-ring (bicyclic) bond motifs is 2. The minimum Gasteiger partial charge on any atom is -0.340 e. The maximum atomic E-state index is 12.5. The highest BCUT2D eigenvalue weighted by molar-refractivity contribution is 5.80. The van der Waals surface area contributed by atoms with Crippen LogP contribution in [0.15, 0.2) is 0 Å². The predicted molar refractivity (Wildman–Crippen MR) is 64.0 cm³/mol. The van der Waals surface area contributed by atoms with Crippen molar-refractivity contribution in [3.63, 3.8) is 0 Å². The van der Waals surface area contributed by atoms with E-state index in [1.165, 1.54) is 44.9 Å². The third-order valence-electron chi connectivity index (χ3n) is 5.14. The van der Waals surface area contributed by atoms with Gasteiger partial charge in [0.15, 0.2) is 0 Å². The topological polar surface area (TPSA) is 20.3 Å². The molecule has 16 heavy (non-hydrogen) atoms. The van der Waals surface area contributed by atoms with Crippen molar-refractivity contribution in [2.75, 3.05) is 6.54 Å². The second-order valence-electron chi connectivity index (χ2n) is 6.16.